The zero-order chi connectivity index (χ0) is 12.6. The molecule has 0 amide bonds. The summed E-state index contributed by atoms with van der Waals surface area (Å²) in [6, 6.07) is 1.60. The smallest absolute Gasteiger partial charge is 0.267 e. The van der Waals surface area contributed by atoms with Crippen molar-refractivity contribution in [2.75, 3.05) is 0 Å². The second-order valence-electron chi connectivity index (χ2n) is 4.57. The van der Waals surface area contributed by atoms with Gasteiger partial charge in [-0.25, -0.2) is 4.98 Å². The van der Waals surface area contributed by atoms with Crippen molar-refractivity contribution >= 4 is 5.78 Å². The average Bonchev–Trinajstić information content (AvgIpc) is 2.56. The lowest BCUT2D eigenvalue weighted by Gasteiger charge is -2.06. The molecule has 0 radical (unpaired) electrons. The van der Waals surface area contributed by atoms with Gasteiger partial charge in [-0.05, 0) is 19.3 Å². The molecule has 0 unspecified atom stereocenters. The standard InChI is InChI=1S/C12H18N4O/c1-5-6-15-9(4)13-12-14-10(8(2)3)7-11(17)16(12)15/h7-8H,5-6H2,1-4H3. The zero-order valence-electron chi connectivity index (χ0n) is 10.8. The van der Waals surface area contributed by atoms with E-state index in [4.69, 9.17) is 0 Å². The molecule has 2 heterocycles. The Balaban J connectivity index is 2.73. The molecule has 0 aliphatic carbocycles. The van der Waals surface area contributed by atoms with Gasteiger partial charge in [0.25, 0.3) is 11.3 Å². The third kappa shape index (κ3) is 1.97. The molecule has 5 heteroatoms. The molecule has 2 aromatic rings. The fourth-order valence-corrected chi connectivity index (χ4v) is 1.90. The largest absolute Gasteiger partial charge is 0.274 e. The van der Waals surface area contributed by atoms with Crippen molar-refractivity contribution in [2.24, 2.45) is 0 Å². The van der Waals surface area contributed by atoms with Crippen LogP contribution in [0.5, 0.6) is 0 Å². The van der Waals surface area contributed by atoms with E-state index in [1.807, 2.05) is 25.5 Å². The lowest BCUT2D eigenvalue weighted by atomic mass is 10.1. The molecular weight excluding hydrogens is 216 g/mol. The van der Waals surface area contributed by atoms with Gasteiger partial charge in [0.15, 0.2) is 0 Å². The van der Waals surface area contributed by atoms with E-state index in [2.05, 4.69) is 16.9 Å². The third-order valence-electron chi connectivity index (χ3n) is 2.80. The van der Waals surface area contributed by atoms with E-state index in [0.717, 1.165) is 24.5 Å². The molecule has 0 aromatic carbocycles. The number of nitrogens with zero attached hydrogens (tertiary/aromatic N) is 4. The van der Waals surface area contributed by atoms with E-state index in [1.165, 1.54) is 0 Å². The second kappa shape index (κ2) is 4.31. The topological polar surface area (TPSA) is 52.2 Å². The van der Waals surface area contributed by atoms with Crippen LogP contribution in [0.1, 0.15) is 44.6 Å². The van der Waals surface area contributed by atoms with Crippen LogP contribution in [0.15, 0.2) is 10.9 Å². The number of hydrogen-bond donors (Lipinski definition) is 0. The molecule has 2 aromatic heterocycles. The van der Waals surface area contributed by atoms with Crippen LogP contribution in [0, 0.1) is 6.92 Å². The summed E-state index contributed by atoms with van der Waals surface area (Å²) in [7, 11) is 0. The van der Waals surface area contributed by atoms with E-state index < -0.39 is 0 Å². The molecule has 0 bridgehead atoms. The first-order valence-corrected chi connectivity index (χ1v) is 6.01. The quantitative estimate of drug-likeness (QED) is 0.812. The molecule has 0 atom stereocenters. The van der Waals surface area contributed by atoms with Gasteiger partial charge in [-0.15, -0.1) is 0 Å². The Bertz CT molecular complexity index is 594. The molecule has 0 fully saturated rings. The minimum absolute atomic E-state index is 0.0484. The molecule has 17 heavy (non-hydrogen) atoms. The predicted molar refractivity (Wildman–Crippen MR) is 66.4 cm³/mol. The molecule has 92 valence electrons. The fourth-order valence-electron chi connectivity index (χ4n) is 1.90. The second-order valence-corrected chi connectivity index (χ2v) is 4.57. The van der Waals surface area contributed by atoms with E-state index in [1.54, 1.807) is 10.6 Å². The van der Waals surface area contributed by atoms with Gasteiger partial charge in [0.1, 0.15) is 5.82 Å². The van der Waals surface area contributed by atoms with Crippen molar-refractivity contribution in [1.82, 2.24) is 19.2 Å². The summed E-state index contributed by atoms with van der Waals surface area (Å²) < 4.78 is 3.44. The maximum Gasteiger partial charge on any atom is 0.274 e. The Morgan fingerprint density at radius 3 is 2.65 bits per heavy atom. The van der Waals surface area contributed by atoms with E-state index in [9.17, 15) is 4.79 Å². The number of fused-ring (bicyclic) bond motifs is 1. The maximum absolute atomic E-state index is 12.1. The molecule has 2 rings (SSSR count). The highest BCUT2D eigenvalue weighted by Gasteiger charge is 2.12. The van der Waals surface area contributed by atoms with Gasteiger partial charge in [-0.2, -0.15) is 9.50 Å². The number of hydrogen-bond acceptors (Lipinski definition) is 3. The lowest BCUT2D eigenvalue weighted by molar-refractivity contribution is 0.539. The molecule has 5 nitrogen and oxygen atoms in total. The van der Waals surface area contributed by atoms with Crippen LogP contribution in [-0.2, 0) is 6.54 Å². The minimum Gasteiger partial charge on any atom is -0.267 e. The van der Waals surface area contributed by atoms with Crippen molar-refractivity contribution in [1.29, 1.82) is 0 Å². The Morgan fingerprint density at radius 2 is 2.06 bits per heavy atom. The summed E-state index contributed by atoms with van der Waals surface area (Å²) in [6.07, 6.45) is 0.963. The van der Waals surface area contributed by atoms with E-state index in [-0.39, 0.29) is 11.5 Å². The minimum atomic E-state index is -0.0484. The predicted octanol–water partition coefficient (Wildman–Crippen LogP) is 1.73. The Labute approximate surface area is 100 Å². The number of rotatable bonds is 3. The highest BCUT2D eigenvalue weighted by Crippen LogP contribution is 2.10. The molecule has 0 N–H and O–H groups in total. The van der Waals surface area contributed by atoms with Gasteiger partial charge in [0.05, 0.1) is 5.69 Å². The highest BCUT2D eigenvalue weighted by molar-refractivity contribution is 5.29. The SMILES string of the molecule is CCCn1c(C)nc2nc(C(C)C)cc(=O)n21. The van der Waals surface area contributed by atoms with E-state index >= 15 is 0 Å². The van der Waals surface area contributed by atoms with Gasteiger partial charge < -0.3 is 0 Å². The Kier molecular flexibility index (Phi) is 3.00. The first kappa shape index (κ1) is 11.8. The van der Waals surface area contributed by atoms with Gasteiger partial charge >= 0.3 is 0 Å². The normalized spacial score (nSPS) is 11.6. The Hall–Kier alpha value is -1.65. The molecule has 0 spiro atoms. The molecule has 0 aliphatic rings. The summed E-state index contributed by atoms with van der Waals surface area (Å²) >= 11 is 0. The van der Waals surface area contributed by atoms with Crippen LogP contribution in [0.4, 0.5) is 0 Å². The monoisotopic (exact) mass is 234 g/mol. The highest BCUT2D eigenvalue weighted by atomic mass is 16.1. The Morgan fingerprint density at radius 1 is 1.35 bits per heavy atom. The molecule has 0 aliphatic heterocycles. The maximum atomic E-state index is 12.1. The van der Waals surface area contributed by atoms with Gasteiger partial charge in [0.2, 0.25) is 0 Å². The molecule has 0 saturated heterocycles. The van der Waals surface area contributed by atoms with Crippen molar-refractivity contribution in [3.05, 3.63) is 27.9 Å². The average molecular weight is 234 g/mol. The van der Waals surface area contributed by atoms with Crippen LogP contribution in [0.2, 0.25) is 0 Å². The first-order valence-electron chi connectivity index (χ1n) is 6.01. The number of aromatic nitrogens is 4. The summed E-state index contributed by atoms with van der Waals surface area (Å²) in [6.45, 7) is 8.80. The van der Waals surface area contributed by atoms with Gasteiger partial charge in [0, 0.05) is 12.6 Å². The summed E-state index contributed by atoms with van der Waals surface area (Å²) in [5.41, 5.74) is 0.754. The van der Waals surface area contributed by atoms with Crippen molar-refractivity contribution in [2.45, 2.75) is 46.6 Å². The summed E-state index contributed by atoms with van der Waals surface area (Å²) in [5, 5.41) is 0. The third-order valence-corrected chi connectivity index (χ3v) is 2.80. The number of aryl methyl sites for hydroxylation is 2. The van der Waals surface area contributed by atoms with Crippen LogP contribution >= 0.6 is 0 Å². The molecule has 0 saturated carbocycles. The fraction of sp³-hybridized carbons (Fsp3) is 0.583. The van der Waals surface area contributed by atoms with Crippen molar-refractivity contribution in [3.63, 3.8) is 0 Å². The summed E-state index contributed by atoms with van der Waals surface area (Å²) in [4.78, 5) is 20.9. The van der Waals surface area contributed by atoms with Gasteiger partial charge in [-0.1, -0.05) is 20.8 Å². The molecular formula is C12H18N4O. The van der Waals surface area contributed by atoms with Crippen molar-refractivity contribution < 1.29 is 0 Å². The van der Waals surface area contributed by atoms with E-state index in [0.29, 0.717) is 5.78 Å². The lowest BCUT2D eigenvalue weighted by Crippen LogP contribution is -2.22. The van der Waals surface area contributed by atoms with Crippen molar-refractivity contribution in [3.8, 4) is 0 Å². The van der Waals surface area contributed by atoms with Gasteiger partial charge in [-0.3, -0.25) is 9.48 Å². The van der Waals surface area contributed by atoms with Crippen LogP contribution in [-0.4, -0.2) is 19.2 Å². The van der Waals surface area contributed by atoms with Crippen LogP contribution in [0.3, 0.4) is 0 Å². The zero-order valence-corrected chi connectivity index (χ0v) is 10.8. The first-order chi connectivity index (χ1) is 8.04. The van der Waals surface area contributed by atoms with Crippen LogP contribution < -0.4 is 5.56 Å². The summed E-state index contributed by atoms with van der Waals surface area (Å²) in [5.74, 6) is 1.58. The van der Waals surface area contributed by atoms with Crippen LogP contribution in [0.25, 0.3) is 5.78 Å².